The third kappa shape index (κ3) is 4.29. The molecule has 0 saturated heterocycles. The largest absolute Gasteiger partial charge is 0.310 e. The Morgan fingerprint density at radius 2 is 0.980 bits per heavy atom. The number of anilines is 3. The fourth-order valence-electron chi connectivity index (χ4n) is 8.28. The Balaban J connectivity index is 1.24. The zero-order valence-corrected chi connectivity index (χ0v) is 28.4. The van der Waals surface area contributed by atoms with E-state index in [2.05, 4.69) is 191 Å². The number of benzene rings is 9. The van der Waals surface area contributed by atoms with Crippen molar-refractivity contribution in [1.29, 1.82) is 0 Å². The zero-order valence-electron chi connectivity index (χ0n) is 27.6. The van der Waals surface area contributed by atoms with Gasteiger partial charge in [0, 0.05) is 53.4 Å². The number of fused-ring (bicyclic) bond motifs is 11. The van der Waals surface area contributed by atoms with E-state index < -0.39 is 0 Å². The highest BCUT2D eigenvalue weighted by Gasteiger charge is 2.21. The maximum atomic E-state index is 2.48. The van der Waals surface area contributed by atoms with Gasteiger partial charge in [-0.25, -0.2) is 0 Å². The summed E-state index contributed by atoms with van der Waals surface area (Å²) in [5, 5.41) is 12.6. The van der Waals surface area contributed by atoms with Crippen molar-refractivity contribution in [2.45, 2.75) is 0 Å². The molecular weight excluding hydrogens is 637 g/mol. The summed E-state index contributed by atoms with van der Waals surface area (Å²) in [7, 11) is 0. The van der Waals surface area contributed by atoms with Crippen molar-refractivity contribution in [1.82, 2.24) is 4.57 Å². The zero-order chi connectivity index (χ0) is 33.5. The molecule has 11 aromatic rings. The van der Waals surface area contributed by atoms with E-state index in [-0.39, 0.29) is 0 Å². The second-order valence-electron chi connectivity index (χ2n) is 13.3. The van der Waals surface area contributed by atoms with Crippen molar-refractivity contribution in [3.05, 3.63) is 182 Å². The summed E-state index contributed by atoms with van der Waals surface area (Å²) in [6.07, 6.45) is 0. The Bertz CT molecular complexity index is 3150. The van der Waals surface area contributed by atoms with Gasteiger partial charge in [-0.2, -0.15) is 0 Å². The summed E-state index contributed by atoms with van der Waals surface area (Å²) in [6.45, 7) is 0. The topological polar surface area (TPSA) is 8.17 Å². The summed E-state index contributed by atoms with van der Waals surface area (Å²) in [5.74, 6) is 0. The Kier molecular flexibility index (Phi) is 6.16. The number of hydrogen-bond donors (Lipinski definition) is 0. The van der Waals surface area contributed by atoms with Gasteiger partial charge in [-0.1, -0.05) is 115 Å². The highest BCUT2D eigenvalue weighted by atomic mass is 32.1. The number of nitrogens with zero attached hydrogens (tertiary/aromatic N) is 2. The monoisotopic (exact) mass is 666 g/mol. The van der Waals surface area contributed by atoms with E-state index in [0.29, 0.717) is 0 Å². The molecule has 2 aromatic heterocycles. The van der Waals surface area contributed by atoms with E-state index in [9.17, 15) is 0 Å². The lowest BCUT2D eigenvalue weighted by Gasteiger charge is -2.28. The van der Waals surface area contributed by atoms with E-state index in [4.69, 9.17) is 0 Å². The third-order valence-electron chi connectivity index (χ3n) is 10.5. The molecule has 2 nitrogen and oxygen atoms in total. The molecule has 0 unspecified atom stereocenters. The first-order valence-electron chi connectivity index (χ1n) is 17.4. The van der Waals surface area contributed by atoms with Crippen LogP contribution in [0.4, 0.5) is 17.1 Å². The standard InChI is InChI=1S/C48H30N2S/c1-2-13-33(14-3-1)50-43-20-10-8-17-38(43)41-29-34(24-26-44(41)50)49(35-25-27-47-42(30-35)39-18-9-11-21-46(39)51-47)45-28-32-23-22-31-12-4-5-15-36(31)48(32)40-19-7-6-16-37(40)45/h1-30H. The molecule has 0 atom stereocenters. The van der Waals surface area contributed by atoms with E-state index in [0.717, 1.165) is 17.1 Å². The minimum atomic E-state index is 1.13. The molecule has 0 fully saturated rings. The molecule has 238 valence electrons. The first-order chi connectivity index (χ1) is 25.3. The number of hydrogen-bond acceptors (Lipinski definition) is 2. The molecule has 0 saturated carbocycles. The van der Waals surface area contributed by atoms with Crippen LogP contribution in [0.15, 0.2) is 182 Å². The van der Waals surface area contributed by atoms with Crippen LogP contribution in [0.25, 0.3) is 80.0 Å². The molecule has 0 spiro atoms. The molecule has 0 aliphatic heterocycles. The van der Waals surface area contributed by atoms with Gasteiger partial charge in [0.15, 0.2) is 0 Å². The van der Waals surface area contributed by atoms with E-state index in [1.165, 1.54) is 80.0 Å². The molecule has 3 heteroatoms. The lowest BCUT2D eigenvalue weighted by molar-refractivity contribution is 1.18. The molecule has 0 radical (unpaired) electrons. The Labute approximate surface area is 298 Å². The fraction of sp³-hybridized carbons (Fsp3) is 0. The first-order valence-corrected chi connectivity index (χ1v) is 18.3. The summed E-state index contributed by atoms with van der Waals surface area (Å²) in [5.41, 5.74) is 7.00. The minimum absolute atomic E-state index is 1.13. The molecule has 0 N–H and O–H groups in total. The molecule has 0 aliphatic rings. The van der Waals surface area contributed by atoms with Crippen LogP contribution in [0.3, 0.4) is 0 Å². The molecule has 0 aliphatic carbocycles. The van der Waals surface area contributed by atoms with Gasteiger partial charge in [-0.15, -0.1) is 11.3 Å². The molecular formula is C48H30N2S. The van der Waals surface area contributed by atoms with Gasteiger partial charge in [0.2, 0.25) is 0 Å². The maximum absolute atomic E-state index is 2.48. The van der Waals surface area contributed by atoms with Gasteiger partial charge >= 0.3 is 0 Å². The van der Waals surface area contributed by atoms with Crippen LogP contribution in [-0.4, -0.2) is 4.57 Å². The van der Waals surface area contributed by atoms with Gasteiger partial charge in [-0.3, -0.25) is 0 Å². The van der Waals surface area contributed by atoms with Gasteiger partial charge in [0.25, 0.3) is 0 Å². The van der Waals surface area contributed by atoms with Crippen molar-refractivity contribution in [2.75, 3.05) is 4.90 Å². The highest BCUT2D eigenvalue weighted by molar-refractivity contribution is 7.25. The Hall–Kier alpha value is -6.42. The first kappa shape index (κ1) is 28.4. The van der Waals surface area contributed by atoms with Crippen LogP contribution >= 0.6 is 11.3 Å². The second kappa shape index (κ2) is 11.0. The number of aromatic nitrogens is 1. The lowest BCUT2D eigenvalue weighted by Crippen LogP contribution is -2.10. The molecule has 0 amide bonds. The average molecular weight is 667 g/mol. The Morgan fingerprint density at radius 3 is 1.84 bits per heavy atom. The molecule has 51 heavy (non-hydrogen) atoms. The van der Waals surface area contributed by atoms with E-state index in [1.54, 1.807) is 0 Å². The van der Waals surface area contributed by atoms with E-state index in [1.807, 2.05) is 11.3 Å². The van der Waals surface area contributed by atoms with Crippen LogP contribution in [0.5, 0.6) is 0 Å². The molecule has 2 heterocycles. The summed E-state index contributed by atoms with van der Waals surface area (Å²) in [4.78, 5) is 2.48. The fourth-order valence-corrected chi connectivity index (χ4v) is 9.37. The number of para-hydroxylation sites is 2. The van der Waals surface area contributed by atoms with Gasteiger partial charge < -0.3 is 9.47 Å². The van der Waals surface area contributed by atoms with Crippen molar-refractivity contribution in [3.8, 4) is 5.69 Å². The van der Waals surface area contributed by atoms with Crippen molar-refractivity contribution in [3.63, 3.8) is 0 Å². The van der Waals surface area contributed by atoms with Gasteiger partial charge in [-0.05, 0) is 93.7 Å². The Morgan fingerprint density at radius 1 is 0.373 bits per heavy atom. The smallest absolute Gasteiger partial charge is 0.0546 e. The van der Waals surface area contributed by atoms with Crippen LogP contribution in [-0.2, 0) is 0 Å². The van der Waals surface area contributed by atoms with Crippen molar-refractivity contribution < 1.29 is 0 Å². The van der Waals surface area contributed by atoms with Gasteiger partial charge in [0.05, 0.1) is 16.7 Å². The average Bonchev–Trinajstić information content (AvgIpc) is 3.73. The third-order valence-corrected chi connectivity index (χ3v) is 11.7. The maximum Gasteiger partial charge on any atom is 0.0546 e. The predicted molar refractivity (Wildman–Crippen MR) is 221 cm³/mol. The van der Waals surface area contributed by atoms with Crippen LogP contribution in [0.2, 0.25) is 0 Å². The van der Waals surface area contributed by atoms with Crippen LogP contribution in [0, 0.1) is 0 Å². The number of thiophene rings is 1. The summed E-state index contributed by atoms with van der Waals surface area (Å²) < 4.78 is 5.00. The normalized spacial score (nSPS) is 11.9. The number of rotatable bonds is 4. The minimum Gasteiger partial charge on any atom is -0.310 e. The van der Waals surface area contributed by atoms with Crippen molar-refractivity contribution in [2.24, 2.45) is 0 Å². The highest BCUT2D eigenvalue weighted by Crippen LogP contribution is 2.46. The predicted octanol–water partition coefficient (Wildman–Crippen LogP) is 14.1. The SMILES string of the molecule is c1ccc(-n2c3ccccc3c3cc(N(c4ccc5sc6ccccc6c5c4)c4cc5ccc6ccccc6c5c5ccccc45)ccc32)cc1. The quantitative estimate of drug-likeness (QED) is 0.170. The summed E-state index contributed by atoms with van der Waals surface area (Å²) >= 11 is 1.86. The van der Waals surface area contributed by atoms with E-state index >= 15 is 0 Å². The summed E-state index contributed by atoms with van der Waals surface area (Å²) in [6, 6.07) is 66.9. The molecule has 0 bridgehead atoms. The van der Waals surface area contributed by atoms with Crippen molar-refractivity contribution >= 4 is 103 Å². The molecule has 9 aromatic carbocycles. The second-order valence-corrected chi connectivity index (χ2v) is 14.4. The van der Waals surface area contributed by atoms with Gasteiger partial charge in [0.1, 0.15) is 0 Å². The lowest BCUT2D eigenvalue weighted by atomic mass is 9.94. The van der Waals surface area contributed by atoms with Crippen LogP contribution < -0.4 is 4.90 Å². The van der Waals surface area contributed by atoms with Crippen LogP contribution in [0.1, 0.15) is 0 Å². The molecule has 11 rings (SSSR count).